The first-order chi connectivity index (χ1) is 31.4. The van der Waals surface area contributed by atoms with E-state index < -0.39 is 0 Å². The predicted molar refractivity (Wildman–Crippen MR) is 279 cm³/mol. The van der Waals surface area contributed by atoms with Crippen molar-refractivity contribution < 1.29 is 0 Å². The maximum absolute atomic E-state index is 2.45. The van der Waals surface area contributed by atoms with Gasteiger partial charge in [0.1, 0.15) is 0 Å². The van der Waals surface area contributed by atoms with E-state index in [2.05, 4.69) is 234 Å². The van der Waals surface area contributed by atoms with E-state index in [0.29, 0.717) is 11.8 Å². The van der Waals surface area contributed by atoms with Gasteiger partial charge in [-0.25, -0.2) is 0 Å². The summed E-state index contributed by atoms with van der Waals surface area (Å²) in [4.78, 5) is 0. The standard InChI is InChI=1S/C64H48/c1-39(2)50-29-31-52(56-15-7-5-13-54(50)56)43-25-21-41-23-27-45(35-47(41)33-43)62-37-49-38-63(59-18-10-12-20-61(59)64(49)60-19-11-9-17-58(60)62)46-28-24-42-22-26-44(34-48(42)36-46)53-32-30-51(40(3)4)55-14-6-8-16-57(53)55/h5-40H,1-4H3. The van der Waals surface area contributed by atoms with Crippen molar-refractivity contribution in [3.05, 3.63) is 217 Å². The van der Waals surface area contributed by atoms with Gasteiger partial charge < -0.3 is 0 Å². The van der Waals surface area contributed by atoms with Gasteiger partial charge in [0.15, 0.2) is 0 Å². The molecule has 0 N–H and O–H groups in total. The topological polar surface area (TPSA) is 0 Å². The minimum Gasteiger partial charge on any atom is -0.0616 e. The minimum absolute atomic E-state index is 0.463. The molecule has 0 spiro atoms. The molecule has 0 heteroatoms. The molecule has 304 valence electrons. The van der Waals surface area contributed by atoms with E-state index in [4.69, 9.17) is 0 Å². The fraction of sp³-hybridized carbons (Fsp3) is 0.0938. The van der Waals surface area contributed by atoms with E-state index in [1.807, 2.05) is 0 Å². The van der Waals surface area contributed by atoms with Gasteiger partial charge in [-0.3, -0.25) is 0 Å². The molecule has 0 heterocycles. The molecule has 0 amide bonds. The first-order valence-corrected chi connectivity index (χ1v) is 22.9. The van der Waals surface area contributed by atoms with Gasteiger partial charge in [0, 0.05) is 0 Å². The van der Waals surface area contributed by atoms with Crippen molar-refractivity contribution in [2.24, 2.45) is 0 Å². The van der Waals surface area contributed by atoms with Crippen molar-refractivity contribution in [2.75, 3.05) is 0 Å². The van der Waals surface area contributed by atoms with Crippen LogP contribution in [0.2, 0.25) is 0 Å². The number of benzene rings is 12. The van der Waals surface area contributed by atoms with Gasteiger partial charge in [0.25, 0.3) is 0 Å². The Hall–Kier alpha value is -7.54. The van der Waals surface area contributed by atoms with E-state index in [1.165, 1.54) is 131 Å². The second-order valence-electron chi connectivity index (χ2n) is 18.4. The lowest BCUT2D eigenvalue weighted by molar-refractivity contribution is 0.876. The summed E-state index contributed by atoms with van der Waals surface area (Å²) < 4.78 is 0. The molecule has 0 atom stereocenters. The zero-order chi connectivity index (χ0) is 43.1. The van der Waals surface area contributed by atoms with Gasteiger partial charge in [-0.2, -0.15) is 0 Å². The van der Waals surface area contributed by atoms with Crippen LogP contribution in [0.5, 0.6) is 0 Å². The largest absolute Gasteiger partial charge is 0.0616 e. The maximum atomic E-state index is 2.45. The molecule has 12 aromatic rings. The fourth-order valence-corrected chi connectivity index (χ4v) is 10.8. The number of rotatable bonds is 6. The Morgan fingerprint density at radius 1 is 0.234 bits per heavy atom. The molecule has 0 nitrogen and oxygen atoms in total. The third-order valence-corrected chi connectivity index (χ3v) is 13.9. The van der Waals surface area contributed by atoms with Crippen LogP contribution in [0.4, 0.5) is 0 Å². The highest BCUT2D eigenvalue weighted by molar-refractivity contribution is 6.26. The molecular weight excluding hydrogens is 769 g/mol. The summed E-state index contributed by atoms with van der Waals surface area (Å²) in [6.07, 6.45) is 0. The van der Waals surface area contributed by atoms with E-state index in [9.17, 15) is 0 Å². The van der Waals surface area contributed by atoms with Gasteiger partial charge in [-0.05, 0) is 179 Å². The van der Waals surface area contributed by atoms with Gasteiger partial charge in [-0.15, -0.1) is 0 Å². The Bertz CT molecular complexity index is 3590. The maximum Gasteiger partial charge on any atom is -0.00259 e. The SMILES string of the molecule is CC(C)c1ccc(-c2ccc3ccc(-c4cc5cc(-c6ccc7ccc(-c8ccc(C(C)C)c9ccccc89)cc7c6)c6ccccc6c5c5ccccc45)cc3c2)c2ccccc12. The van der Waals surface area contributed by atoms with Crippen LogP contribution in [0, 0.1) is 0 Å². The van der Waals surface area contributed by atoms with Crippen LogP contribution in [-0.2, 0) is 0 Å². The molecule has 0 aliphatic rings. The van der Waals surface area contributed by atoms with Crippen molar-refractivity contribution >= 4 is 75.4 Å². The lowest BCUT2D eigenvalue weighted by atomic mass is 9.86. The molecule has 0 aliphatic heterocycles. The summed E-state index contributed by atoms with van der Waals surface area (Å²) in [5, 5.41) is 17.9. The Morgan fingerprint density at radius 3 is 0.906 bits per heavy atom. The van der Waals surface area contributed by atoms with Gasteiger partial charge in [0.2, 0.25) is 0 Å². The molecule has 0 radical (unpaired) electrons. The Morgan fingerprint density at radius 2 is 0.547 bits per heavy atom. The number of hydrogen-bond donors (Lipinski definition) is 0. The van der Waals surface area contributed by atoms with Crippen molar-refractivity contribution in [2.45, 2.75) is 39.5 Å². The molecule has 0 fully saturated rings. The van der Waals surface area contributed by atoms with E-state index in [0.717, 1.165) is 0 Å². The van der Waals surface area contributed by atoms with Crippen LogP contribution in [0.3, 0.4) is 0 Å². The molecule has 0 aromatic heterocycles. The van der Waals surface area contributed by atoms with Crippen LogP contribution in [0.15, 0.2) is 206 Å². The molecule has 0 aliphatic carbocycles. The highest BCUT2D eigenvalue weighted by atomic mass is 14.2. The number of fused-ring (bicyclic) bond motifs is 9. The van der Waals surface area contributed by atoms with Crippen molar-refractivity contribution in [3.8, 4) is 44.5 Å². The smallest absolute Gasteiger partial charge is 0.00259 e. The minimum atomic E-state index is 0.463. The zero-order valence-corrected chi connectivity index (χ0v) is 36.8. The summed E-state index contributed by atoms with van der Waals surface area (Å²) in [6, 6.07) is 77.9. The summed E-state index contributed by atoms with van der Waals surface area (Å²) in [5.41, 5.74) is 12.8. The third-order valence-electron chi connectivity index (χ3n) is 13.9. The normalized spacial score (nSPS) is 12.0. The molecule has 0 bridgehead atoms. The van der Waals surface area contributed by atoms with Crippen molar-refractivity contribution in [1.82, 2.24) is 0 Å². The Balaban J connectivity index is 1.02. The lowest BCUT2D eigenvalue weighted by Crippen LogP contribution is -1.92. The summed E-state index contributed by atoms with van der Waals surface area (Å²) in [5.74, 6) is 0.925. The van der Waals surface area contributed by atoms with Crippen LogP contribution >= 0.6 is 0 Å². The lowest BCUT2D eigenvalue weighted by Gasteiger charge is -2.17. The molecule has 0 unspecified atom stereocenters. The average Bonchev–Trinajstić information content (AvgIpc) is 3.34. The molecule has 0 saturated heterocycles. The van der Waals surface area contributed by atoms with Crippen molar-refractivity contribution in [1.29, 1.82) is 0 Å². The van der Waals surface area contributed by atoms with Crippen LogP contribution in [-0.4, -0.2) is 0 Å². The highest BCUT2D eigenvalue weighted by Crippen LogP contribution is 2.44. The predicted octanol–water partition coefficient (Wildman–Crippen LogP) is 18.7. The van der Waals surface area contributed by atoms with E-state index >= 15 is 0 Å². The Kier molecular flexibility index (Phi) is 8.99. The fourth-order valence-electron chi connectivity index (χ4n) is 10.8. The first-order valence-electron chi connectivity index (χ1n) is 22.9. The highest BCUT2D eigenvalue weighted by Gasteiger charge is 2.17. The molecule has 12 aromatic carbocycles. The van der Waals surface area contributed by atoms with E-state index in [-0.39, 0.29) is 0 Å². The average molecular weight is 817 g/mol. The molecule has 64 heavy (non-hydrogen) atoms. The van der Waals surface area contributed by atoms with Gasteiger partial charge in [0.05, 0.1) is 0 Å². The summed E-state index contributed by atoms with van der Waals surface area (Å²) in [7, 11) is 0. The first kappa shape index (κ1) is 38.2. The Labute approximate surface area is 375 Å². The summed E-state index contributed by atoms with van der Waals surface area (Å²) >= 11 is 0. The second-order valence-corrected chi connectivity index (χ2v) is 18.4. The van der Waals surface area contributed by atoms with Crippen molar-refractivity contribution in [3.63, 3.8) is 0 Å². The third kappa shape index (κ3) is 6.20. The molecule has 0 saturated carbocycles. The van der Waals surface area contributed by atoms with Gasteiger partial charge in [-0.1, -0.05) is 198 Å². The summed E-state index contributed by atoms with van der Waals surface area (Å²) in [6.45, 7) is 9.14. The van der Waals surface area contributed by atoms with Crippen LogP contribution in [0.25, 0.3) is 120 Å². The van der Waals surface area contributed by atoms with Gasteiger partial charge >= 0.3 is 0 Å². The molecular formula is C64H48. The molecule has 12 rings (SSSR count). The monoisotopic (exact) mass is 816 g/mol. The van der Waals surface area contributed by atoms with Crippen LogP contribution < -0.4 is 0 Å². The quantitative estimate of drug-likeness (QED) is 0.147. The zero-order valence-electron chi connectivity index (χ0n) is 36.8. The van der Waals surface area contributed by atoms with Crippen LogP contribution in [0.1, 0.15) is 50.7 Å². The number of hydrogen-bond acceptors (Lipinski definition) is 0. The second kappa shape index (κ2) is 15.1. The van der Waals surface area contributed by atoms with E-state index in [1.54, 1.807) is 0 Å².